The summed E-state index contributed by atoms with van der Waals surface area (Å²) in [7, 11) is 0. The first kappa shape index (κ1) is 13.5. The van der Waals surface area contributed by atoms with E-state index in [4.69, 9.17) is 0 Å². The second-order valence-electron chi connectivity index (χ2n) is 8.48. The highest BCUT2D eigenvalue weighted by Crippen LogP contribution is 2.68. The topological polar surface area (TPSA) is 37.3 Å². The summed E-state index contributed by atoms with van der Waals surface area (Å²) in [5, 5.41) is 9.51. The average molecular weight is 264 g/mol. The lowest BCUT2D eigenvalue weighted by Crippen LogP contribution is -2.55. The summed E-state index contributed by atoms with van der Waals surface area (Å²) in [6.07, 6.45) is 9.04. The highest BCUT2D eigenvalue weighted by molar-refractivity contribution is 5.70. The number of carboxylic acid groups (broad SMARTS) is 1. The summed E-state index contributed by atoms with van der Waals surface area (Å²) in [6.45, 7) is 6.62. The maximum atomic E-state index is 11.5. The van der Waals surface area contributed by atoms with E-state index < -0.39 is 5.97 Å². The van der Waals surface area contributed by atoms with Gasteiger partial charge in [0.25, 0.3) is 0 Å². The van der Waals surface area contributed by atoms with Gasteiger partial charge in [-0.05, 0) is 73.5 Å². The number of hydrogen-bond donors (Lipinski definition) is 1. The monoisotopic (exact) mass is 264 g/mol. The fourth-order valence-electron chi connectivity index (χ4n) is 6.40. The molecule has 0 heterocycles. The molecule has 3 unspecified atom stereocenters. The van der Waals surface area contributed by atoms with Crippen molar-refractivity contribution in [3.63, 3.8) is 0 Å². The molecule has 4 bridgehead atoms. The van der Waals surface area contributed by atoms with Gasteiger partial charge in [0.1, 0.15) is 0 Å². The van der Waals surface area contributed by atoms with Crippen LogP contribution in [0.15, 0.2) is 0 Å². The number of carboxylic acids is 1. The molecule has 1 N–H and O–H groups in total. The molecule has 19 heavy (non-hydrogen) atoms. The molecule has 4 rings (SSSR count). The molecule has 2 nitrogen and oxygen atoms in total. The summed E-state index contributed by atoms with van der Waals surface area (Å²) in [4.78, 5) is 11.5. The zero-order chi connectivity index (χ0) is 13.8. The molecule has 4 aliphatic carbocycles. The highest BCUT2D eigenvalue weighted by atomic mass is 16.4. The van der Waals surface area contributed by atoms with E-state index in [1.165, 1.54) is 44.9 Å². The van der Waals surface area contributed by atoms with Gasteiger partial charge in [0.15, 0.2) is 0 Å². The van der Waals surface area contributed by atoms with Gasteiger partial charge >= 0.3 is 5.97 Å². The summed E-state index contributed by atoms with van der Waals surface area (Å²) >= 11 is 0. The van der Waals surface area contributed by atoms with E-state index in [0.29, 0.717) is 5.41 Å². The van der Waals surface area contributed by atoms with Crippen molar-refractivity contribution < 1.29 is 9.90 Å². The Morgan fingerprint density at radius 2 is 1.74 bits per heavy atom. The van der Waals surface area contributed by atoms with Crippen molar-refractivity contribution in [3.05, 3.63) is 0 Å². The van der Waals surface area contributed by atoms with Crippen LogP contribution in [0.1, 0.15) is 65.7 Å². The van der Waals surface area contributed by atoms with E-state index in [1.807, 2.05) is 6.92 Å². The molecule has 2 heteroatoms. The first-order valence-electron chi connectivity index (χ1n) is 8.07. The maximum absolute atomic E-state index is 11.5. The largest absolute Gasteiger partial charge is 0.481 e. The predicted octanol–water partition coefficient (Wildman–Crippen LogP) is 4.34. The first-order valence-corrected chi connectivity index (χ1v) is 8.07. The lowest BCUT2D eigenvalue weighted by molar-refractivity contribution is -0.168. The Morgan fingerprint density at radius 1 is 1.16 bits per heavy atom. The third-order valence-electron chi connectivity index (χ3n) is 6.36. The van der Waals surface area contributed by atoms with E-state index in [-0.39, 0.29) is 11.3 Å². The van der Waals surface area contributed by atoms with E-state index in [2.05, 4.69) is 13.8 Å². The van der Waals surface area contributed by atoms with Crippen molar-refractivity contribution >= 4 is 5.97 Å². The van der Waals surface area contributed by atoms with Gasteiger partial charge in [-0.15, -0.1) is 0 Å². The summed E-state index contributed by atoms with van der Waals surface area (Å²) in [5.41, 5.74) is 0.618. The molecule has 0 spiro atoms. The van der Waals surface area contributed by atoms with Crippen LogP contribution in [0.25, 0.3) is 0 Å². The normalized spacial score (nSPS) is 45.7. The van der Waals surface area contributed by atoms with Gasteiger partial charge in [-0.3, -0.25) is 4.79 Å². The van der Waals surface area contributed by atoms with Crippen molar-refractivity contribution in [2.45, 2.75) is 65.7 Å². The van der Waals surface area contributed by atoms with E-state index in [1.54, 1.807) is 0 Å². The average Bonchev–Trinajstić information content (AvgIpc) is 2.23. The molecule has 4 aliphatic rings. The number of aliphatic carboxylic acids is 1. The molecule has 0 amide bonds. The van der Waals surface area contributed by atoms with Gasteiger partial charge in [0.05, 0.1) is 5.92 Å². The van der Waals surface area contributed by atoms with Crippen molar-refractivity contribution in [3.8, 4) is 0 Å². The third-order valence-corrected chi connectivity index (χ3v) is 6.36. The fraction of sp³-hybridized carbons (Fsp3) is 0.941. The van der Waals surface area contributed by atoms with Gasteiger partial charge in [-0.1, -0.05) is 20.8 Å². The predicted molar refractivity (Wildman–Crippen MR) is 75.8 cm³/mol. The van der Waals surface area contributed by atoms with Gasteiger partial charge in [0, 0.05) is 0 Å². The van der Waals surface area contributed by atoms with Crippen molar-refractivity contribution in [2.75, 3.05) is 0 Å². The van der Waals surface area contributed by atoms with Crippen LogP contribution in [0.4, 0.5) is 0 Å². The lowest BCUT2D eigenvalue weighted by atomic mass is 9.41. The van der Waals surface area contributed by atoms with E-state index in [0.717, 1.165) is 17.8 Å². The molecule has 4 saturated carbocycles. The summed E-state index contributed by atoms with van der Waals surface area (Å²) < 4.78 is 0. The van der Waals surface area contributed by atoms with E-state index >= 15 is 0 Å². The Kier molecular flexibility index (Phi) is 3.00. The minimum absolute atomic E-state index is 0.130. The van der Waals surface area contributed by atoms with Crippen LogP contribution >= 0.6 is 0 Å². The molecule has 0 saturated heterocycles. The minimum atomic E-state index is -0.568. The van der Waals surface area contributed by atoms with Crippen LogP contribution in [-0.2, 0) is 4.79 Å². The van der Waals surface area contributed by atoms with Crippen LogP contribution < -0.4 is 0 Å². The van der Waals surface area contributed by atoms with Gasteiger partial charge in [0.2, 0.25) is 0 Å². The van der Waals surface area contributed by atoms with Gasteiger partial charge in [-0.25, -0.2) is 0 Å². The zero-order valence-corrected chi connectivity index (χ0v) is 12.6. The number of carbonyl (C=O) groups is 1. The quantitative estimate of drug-likeness (QED) is 0.820. The van der Waals surface area contributed by atoms with Crippen molar-refractivity contribution in [1.29, 1.82) is 0 Å². The number of hydrogen-bond acceptors (Lipinski definition) is 1. The van der Waals surface area contributed by atoms with Crippen LogP contribution in [-0.4, -0.2) is 11.1 Å². The van der Waals surface area contributed by atoms with Crippen LogP contribution in [0, 0.1) is 34.5 Å². The summed E-state index contributed by atoms with van der Waals surface area (Å²) in [6, 6.07) is 0. The Balaban J connectivity index is 1.90. The standard InChI is InChI=1S/C17H28O2/c1-11(2)5-16-6-13-4-14(7-16)9-17(8-13,10-16)12(3)15(18)19/h11-14H,4-10H2,1-3H3,(H,18,19). The second kappa shape index (κ2) is 4.23. The Morgan fingerprint density at radius 3 is 2.21 bits per heavy atom. The summed E-state index contributed by atoms with van der Waals surface area (Å²) in [5.74, 6) is 1.67. The number of rotatable bonds is 4. The Hall–Kier alpha value is -0.530. The van der Waals surface area contributed by atoms with Crippen molar-refractivity contribution in [1.82, 2.24) is 0 Å². The molecular weight excluding hydrogens is 236 g/mol. The highest BCUT2D eigenvalue weighted by Gasteiger charge is 2.60. The second-order valence-corrected chi connectivity index (χ2v) is 8.48. The lowest BCUT2D eigenvalue weighted by Gasteiger charge is -2.64. The minimum Gasteiger partial charge on any atom is -0.481 e. The van der Waals surface area contributed by atoms with Crippen LogP contribution in [0.3, 0.4) is 0 Å². The maximum Gasteiger partial charge on any atom is 0.306 e. The molecule has 108 valence electrons. The Bertz CT molecular complexity index is 365. The molecule has 3 atom stereocenters. The molecule has 0 aromatic carbocycles. The third kappa shape index (κ3) is 2.11. The Labute approximate surface area is 117 Å². The van der Waals surface area contributed by atoms with E-state index in [9.17, 15) is 9.90 Å². The molecule has 0 radical (unpaired) electrons. The SMILES string of the molecule is CC(C)CC12CC3CC(C1)CC(C(C)C(=O)O)(C3)C2. The molecule has 4 fully saturated rings. The molecule has 0 aromatic heterocycles. The van der Waals surface area contributed by atoms with Crippen LogP contribution in [0.2, 0.25) is 0 Å². The first-order chi connectivity index (χ1) is 8.84. The molecule has 0 aliphatic heterocycles. The van der Waals surface area contributed by atoms with Gasteiger partial charge in [-0.2, -0.15) is 0 Å². The smallest absolute Gasteiger partial charge is 0.306 e. The van der Waals surface area contributed by atoms with Gasteiger partial charge < -0.3 is 5.11 Å². The molecular formula is C17H28O2. The zero-order valence-electron chi connectivity index (χ0n) is 12.6. The van der Waals surface area contributed by atoms with Crippen LogP contribution in [0.5, 0.6) is 0 Å². The fourth-order valence-corrected chi connectivity index (χ4v) is 6.40. The van der Waals surface area contributed by atoms with Crippen molar-refractivity contribution in [2.24, 2.45) is 34.5 Å². The molecule has 0 aromatic rings.